The van der Waals surface area contributed by atoms with Crippen molar-refractivity contribution in [2.24, 2.45) is 5.92 Å². The maximum Gasteiger partial charge on any atom is 0.223 e. The minimum atomic E-state index is -0.0578. The predicted octanol–water partition coefficient (Wildman–Crippen LogP) is 3.75. The lowest BCUT2D eigenvalue weighted by atomic mass is 9.99. The molecule has 6 nitrogen and oxygen atoms in total. The molecule has 1 amide bonds. The largest absolute Gasteiger partial charge is 0.478 e. The van der Waals surface area contributed by atoms with Crippen molar-refractivity contribution < 1.29 is 9.53 Å². The van der Waals surface area contributed by atoms with Crippen LogP contribution in [0.5, 0.6) is 5.88 Å². The standard InChI is InChI=1S/C24H26N4O2/c1-2-30-24-20-13-11-18(23(29)26-16-19-10-6-7-15-25-19)12-14-21(20)27-22(28-24)17-8-4-3-5-9-17/h3-10,15,18H,2,11-14,16H2,1H3,(H,26,29). The van der Waals surface area contributed by atoms with Gasteiger partial charge < -0.3 is 10.1 Å². The van der Waals surface area contributed by atoms with Gasteiger partial charge in [0.25, 0.3) is 0 Å². The third-order valence-corrected chi connectivity index (χ3v) is 5.38. The third-order valence-electron chi connectivity index (χ3n) is 5.38. The van der Waals surface area contributed by atoms with Crippen molar-refractivity contribution in [1.82, 2.24) is 20.3 Å². The van der Waals surface area contributed by atoms with Gasteiger partial charge >= 0.3 is 0 Å². The molecule has 1 atom stereocenters. The third kappa shape index (κ3) is 4.64. The summed E-state index contributed by atoms with van der Waals surface area (Å²) in [6.45, 7) is 2.96. The normalized spacial score (nSPS) is 15.7. The number of pyridine rings is 1. The zero-order chi connectivity index (χ0) is 20.8. The van der Waals surface area contributed by atoms with E-state index < -0.39 is 0 Å². The molecule has 0 spiro atoms. The lowest BCUT2D eigenvalue weighted by Gasteiger charge is -2.14. The monoisotopic (exact) mass is 402 g/mol. The highest BCUT2D eigenvalue weighted by Crippen LogP contribution is 2.31. The van der Waals surface area contributed by atoms with Gasteiger partial charge in [0, 0.05) is 23.2 Å². The second kappa shape index (κ2) is 9.48. The number of aryl methyl sites for hydroxylation is 1. The molecule has 0 saturated carbocycles. The van der Waals surface area contributed by atoms with Crippen LogP contribution in [0.2, 0.25) is 0 Å². The summed E-state index contributed by atoms with van der Waals surface area (Å²) in [4.78, 5) is 26.6. The van der Waals surface area contributed by atoms with E-state index in [1.54, 1.807) is 6.20 Å². The minimum absolute atomic E-state index is 0.0578. The van der Waals surface area contributed by atoms with Crippen molar-refractivity contribution in [3.63, 3.8) is 0 Å². The number of carbonyl (C=O) groups is 1. The number of amides is 1. The van der Waals surface area contributed by atoms with E-state index >= 15 is 0 Å². The second-order valence-corrected chi connectivity index (χ2v) is 7.39. The molecule has 0 fully saturated rings. The summed E-state index contributed by atoms with van der Waals surface area (Å²) in [5.74, 6) is 1.34. The van der Waals surface area contributed by atoms with Gasteiger partial charge in [-0.1, -0.05) is 36.4 Å². The molecule has 6 heteroatoms. The number of aromatic nitrogens is 3. The fourth-order valence-electron chi connectivity index (χ4n) is 3.80. The molecule has 3 aromatic rings. The number of hydrogen-bond acceptors (Lipinski definition) is 5. The summed E-state index contributed by atoms with van der Waals surface area (Å²) in [7, 11) is 0. The number of benzene rings is 1. The average Bonchev–Trinajstić information content (AvgIpc) is 3.02. The zero-order valence-electron chi connectivity index (χ0n) is 17.2. The summed E-state index contributed by atoms with van der Waals surface area (Å²) >= 11 is 0. The quantitative estimate of drug-likeness (QED) is 0.636. The molecule has 1 aliphatic rings. The van der Waals surface area contributed by atoms with Crippen LogP contribution < -0.4 is 10.1 Å². The molecule has 1 unspecified atom stereocenters. The SMILES string of the molecule is CCOc1nc(-c2ccccc2)nc2c1CCC(C(=O)NCc1ccccn1)CC2. The van der Waals surface area contributed by atoms with Crippen molar-refractivity contribution in [3.8, 4) is 17.3 Å². The Morgan fingerprint density at radius 1 is 1.07 bits per heavy atom. The Morgan fingerprint density at radius 3 is 2.63 bits per heavy atom. The van der Waals surface area contributed by atoms with Crippen LogP contribution in [0.15, 0.2) is 54.7 Å². The summed E-state index contributed by atoms with van der Waals surface area (Å²) in [5.41, 5.74) is 3.86. The van der Waals surface area contributed by atoms with Crippen LogP contribution >= 0.6 is 0 Å². The van der Waals surface area contributed by atoms with E-state index in [0.717, 1.165) is 48.2 Å². The Hall–Kier alpha value is -3.28. The maximum atomic E-state index is 12.8. The van der Waals surface area contributed by atoms with Gasteiger partial charge in [-0.2, -0.15) is 4.98 Å². The molecule has 0 bridgehead atoms. The van der Waals surface area contributed by atoms with Gasteiger partial charge in [-0.25, -0.2) is 4.98 Å². The number of fused-ring (bicyclic) bond motifs is 1. The van der Waals surface area contributed by atoms with E-state index in [2.05, 4.69) is 10.3 Å². The smallest absolute Gasteiger partial charge is 0.223 e. The van der Waals surface area contributed by atoms with Crippen LogP contribution in [0, 0.1) is 5.92 Å². The highest BCUT2D eigenvalue weighted by molar-refractivity contribution is 5.78. The van der Waals surface area contributed by atoms with Gasteiger partial charge in [0.1, 0.15) is 0 Å². The highest BCUT2D eigenvalue weighted by atomic mass is 16.5. The molecule has 4 rings (SSSR count). The van der Waals surface area contributed by atoms with Gasteiger partial charge in [0.05, 0.1) is 24.5 Å². The number of hydrogen-bond donors (Lipinski definition) is 1. The predicted molar refractivity (Wildman–Crippen MR) is 115 cm³/mol. The molecule has 2 aromatic heterocycles. The molecule has 30 heavy (non-hydrogen) atoms. The summed E-state index contributed by atoms with van der Waals surface area (Å²) < 4.78 is 5.86. The lowest BCUT2D eigenvalue weighted by molar-refractivity contribution is -0.125. The van der Waals surface area contributed by atoms with Crippen LogP contribution in [0.25, 0.3) is 11.4 Å². The molecule has 1 aliphatic carbocycles. The number of carbonyl (C=O) groups excluding carboxylic acids is 1. The molecule has 154 valence electrons. The van der Waals surface area contributed by atoms with Crippen molar-refractivity contribution in [2.75, 3.05) is 6.61 Å². The topological polar surface area (TPSA) is 77.0 Å². The van der Waals surface area contributed by atoms with Gasteiger partial charge in [0.2, 0.25) is 11.8 Å². The van der Waals surface area contributed by atoms with Gasteiger partial charge in [-0.3, -0.25) is 9.78 Å². The molecular formula is C24H26N4O2. The summed E-state index contributed by atoms with van der Waals surface area (Å²) in [6.07, 6.45) is 4.73. The van der Waals surface area contributed by atoms with Crippen molar-refractivity contribution in [1.29, 1.82) is 0 Å². The molecule has 1 N–H and O–H groups in total. The van der Waals surface area contributed by atoms with E-state index in [-0.39, 0.29) is 11.8 Å². The first-order chi connectivity index (χ1) is 14.7. The Bertz CT molecular complexity index is 993. The maximum absolute atomic E-state index is 12.8. The fourth-order valence-corrected chi connectivity index (χ4v) is 3.80. The molecular weight excluding hydrogens is 376 g/mol. The van der Waals surface area contributed by atoms with E-state index in [9.17, 15) is 4.79 Å². The van der Waals surface area contributed by atoms with Crippen LogP contribution in [-0.2, 0) is 24.2 Å². The van der Waals surface area contributed by atoms with E-state index in [0.29, 0.717) is 24.9 Å². The summed E-state index contributed by atoms with van der Waals surface area (Å²) in [6, 6.07) is 15.6. The van der Waals surface area contributed by atoms with Gasteiger partial charge in [0.15, 0.2) is 5.82 Å². The first kappa shape index (κ1) is 20.0. The van der Waals surface area contributed by atoms with E-state index in [1.807, 2.05) is 55.5 Å². The number of ether oxygens (including phenoxy) is 1. The Balaban J connectivity index is 1.50. The molecule has 0 aliphatic heterocycles. The fraction of sp³-hybridized carbons (Fsp3) is 0.333. The first-order valence-electron chi connectivity index (χ1n) is 10.5. The highest BCUT2D eigenvalue weighted by Gasteiger charge is 2.26. The Morgan fingerprint density at radius 2 is 1.87 bits per heavy atom. The molecule has 0 radical (unpaired) electrons. The Kier molecular flexibility index (Phi) is 6.32. The number of nitrogens with one attached hydrogen (secondary N) is 1. The van der Waals surface area contributed by atoms with Crippen molar-refractivity contribution in [3.05, 3.63) is 71.7 Å². The number of nitrogens with zero attached hydrogens (tertiary/aromatic N) is 3. The first-order valence-corrected chi connectivity index (χ1v) is 10.5. The lowest BCUT2D eigenvalue weighted by Crippen LogP contribution is -2.30. The minimum Gasteiger partial charge on any atom is -0.478 e. The van der Waals surface area contributed by atoms with E-state index in [1.165, 1.54) is 0 Å². The summed E-state index contributed by atoms with van der Waals surface area (Å²) in [5, 5.41) is 3.03. The van der Waals surface area contributed by atoms with Crippen molar-refractivity contribution in [2.45, 2.75) is 39.2 Å². The van der Waals surface area contributed by atoms with Crippen LogP contribution in [0.3, 0.4) is 0 Å². The van der Waals surface area contributed by atoms with Crippen LogP contribution in [-0.4, -0.2) is 27.5 Å². The second-order valence-electron chi connectivity index (χ2n) is 7.39. The molecule has 0 saturated heterocycles. The average molecular weight is 402 g/mol. The zero-order valence-corrected chi connectivity index (χ0v) is 17.2. The van der Waals surface area contributed by atoms with Gasteiger partial charge in [-0.15, -0.1) is 0 Å². The number of rotatable bonds is 6. The molecule has 1 aromatic carbocycles. The van der Waals surface area contributed by atoms with Crippen molar-refractivity contribution >= 4 is 5.91 Å². The van der Waals surface area contributed by atoms with Crippen LogP contribution in [0.4, 0.5) is 0 Å². The van der Waals surface area contributed by atoms with Gasteiger partial charge in [-0.05, 0) is 44.7 Å². The van der Waals surface area contributed by atoms with E-state index in [4.69, 9.17) is 14.7 Å². The van der Waals surface area contributed by atoms with Crippen LogP contribution in [0.1, 0.15) is 36.7 Å². The molecule has 2 heterocycles. The Labute approximate surface area is 176 Å².